The Kier molecular flexibility index (Phi) is 5.99. The van der Waals surface area contributed by atoms with Crippen LogP contribution < -0.4 is 15.1 Å². The van der Waals surface area contributed by atoms with Crippen LogP contribution in [0.5, 0.6) is 5.75 Å². The van der Waals surface area contributed by atoms with Crippen molar-refractivity contribution in [1.29, 1.82) is 10.8 Å². The second-order valence-electron chi connectivity index (χ2n) is 8.03. The molecule has 3 aromatic carbocycles. The summed E-state index contributed by atoms with van der Waals surface area (Å²) in [7, 11) is 0.728. The highest BCUT2D eigenvalue weighted by molar-refractivity contribution is 7.99. The zero-order valence-corrected chi connectivity index (χ0v) is 19.6. The lowest BCUT2D eigenvalue weighted by molar-refractivity contribution is 0.275. The molecule has 170 valence electrons. The van der Waals surface area contributed by atoms with Gasteiger partial charge in [-0.2, -0.15) is 0 Å². The zero-order chi connectivity index (χ0) is 23.8. The second kappa shape index (κ2) is 9.10. The Balaban J connectivity index is 1.50. The minimum Gasteiger partial charge on any atom is -0.497 e. The van der Waals surface area contributed by atoms with Crippen LogP contribution in [0.15, 0.2) is 75.4 Å². The first-order valence-corrected chi connectivity index (χ1v) is 11.6. The maximum absolute atomic E-state index is 10.2. The first-order chi connectivity index (χ1) is 16.5. The van der Waals surface area contributed by atoms with Gasteiger partial charge in [-0.1, -0.05) is 36.0 Å². The number of rotatable bonds is 4. The fourth-order valence-electron chi connectivity index (χ4n) is 4.26. The van der Waals surface area contributed by atoms with Crippen LogP contribution in [0, 0.1) is 10.8 Å². The van der Waals surface area contributed by atoms with Crippen LogP contribution in [-0.4, -0.2) is 43.2 Å². The van der Waals surface area contributed by atoms with Crippen LogP contribution in [-0.2, 0) is 11.3 Å². The smallest absolute Gasteiger partial charge is 0.492 e. The lowest BCUT2D eigenvalue weighted by Crippen LogP contribution is -2.35. The van der Waals surface area contributed by atoms with E-state index in [1.165, 1.54) is 0 Å². The summed E-state index contributed by atoms with van der Waals surface area (Å²) in [6.45, 7) is 2.27. The van der Waals surface area contributed by atoms with E-state index in [0.717, 1.165) is 43.3 Å². The topological polar surface area (TPSA) is 102 Å². The van der Waals surface area contributed by atoms with Gasteiger partial charge in [0, 0.05) is 26.4 Å². The van der Waals surface area contributed by atoms with Crippen LogP contribution in [0.2, 0.25) is 0 Å². The Bertz CT molecular complexity index is 1330. The first-order valence-electron chi connectivity index (χ1n) is 10.8. The largest absolute Gasteiger partial charge is 0.497 e. The summed E-state index contributed by atoms with van der Waals surface area (Å²) in [6.07, 6.45) is 0. The molecule has 2 aliphatic rings. The van der Waals surface area contributed by atoms with Crippen molar-refractivity contribution in [2.45, 2.75) is 23.3 Å². The second-order valence-corrected chi connectivity index (χ2v) is 9.15. The summed E-state index contributed by atoms with van der Waals surface area (Å²) in [5, 5.41) is 26.8. The summed E-state index contributed by atoms with van der Waals surface area (Å²) < 4.78 is 10.8. The molecule has 0 amide bonds. The molecule has 34 heavy (non-hydrogen) atoms. The Hall–Kier alpha value is -3.40. The quantitative estimate of drug-likeness (QED) is 0.307. The molecule has 2 aliphatic heterocycles. The van der Waals surface area contributed by atoms with E-state index in [0.29, 0.717) is 12.4 Å². The van der Waals surface area contributed by atoms with Crippen LogP contribution >= 0.6 is 11.8 Å². The number of anilines is 1. The van der Waals surface area contributed by atoms with Crippen molar-refractivity contribution in [3.05, 3.63) is 77.4 Å². The molecule has 9 heteroatoms. The van der Waals surface area contributed by atoms with Crippen molar-refractivity contribution < 1.29 is 14.4 Å². The number of benzodiazepines with no additional fused rings is 1. The molecule has 0 saturated heterocycles. The van der Waals surface area contributed by atoms with Crippen molar-refractivity contribution in [2.24, 2.45) is 4.99 Å². The van der Waals surface area contributed by atoms with Crippen molar-refractivity contribution in [3.63, 3.8) is 0 Å². The highest BCUT2D eigenvalue weighted by Crippen LogP contribution is 2.33. The molecule has 0 saturated carbocycles. The van der Waals surface area contributed by atoms with Crippen molar-refractivity contribution in [3.8, 4) is 5.75 Å². The van der Waals surface area contributed by atoms with E-state index in [1.807, 2.05) is 60.7 Å². The van der Waals surface area contributed by atoms with E-state index in [1.54, 1.807) is 30.7 Å². The highest BCUT2D eigenvalue weighted by atomic mass is 32.2. The number of benzene rings is 3. The fraction of sp³-hybridized carbons (Fsp3) is 0.160. The zero-order valence-electron chi connectivity index (χ0n) is 18.8. The summed E-state index contributed by atoms with van der Waals surface area (Å²) in [4.78, 5) is 8.35. The summed E-state index contributed by atoms with van der Waals surface area (Å²) in [6, 6.07) is 19.6. The van der Waals surface area contributed by atoms with Crippen molar-refractivity contribution >= 4 is 47.4 Å². The molecular weight excluding hydrogens is 447 g/mol. The van der Waals surface area contributed by atoms with E-state index in [2.05, 4.69) is 0 Å². The molecule has 0 spiro atoms. The average Bonchev–Trinajstić information content (AvgIpc) is 3.15. The number of amidine groups is 2. The summed E-state index contributed by atoms with van der Waals surface area (Å²) in [5.41, 5.74) is 5.07. The first kappa shape index (κ1) is 22.4. The van der Waals surface area contributed by atoms with Crippen molar-refractivity contribution in [1.82, 2.24) is 0 Å². The average molecular weight is 470 g/mol. The Morgan fingerprint density at radius 3 is 2.71 bits per heavy atom. The van der Waals surface area contributed by atoms with Gasteiger partial charge in [-0.05, 0) is 48.9 Å². The van der Waals surface area contributed by atoms with E-state index < -0.39 is 7.12 Å². The van der Waals surface area contributed by atoms with E-state index in [4.69, 9.17) is 25.2 Å². The Morgan fingerprint density at radius 2 is 1.97 bits per heavy atom. The maximum atomic E-state index is 10.2. The molecule has 0 bridgehead atoms. The Labute approximate surface area is 202 Å². The summed E-state index contributed by atoms with van der Waals surface area (Å²) in [5.74, 6) is 1.20. The molecule has 2 heterocycles. The number of nitrogens with zero attached hydrogens (tertiary/aromatic N) is 2. The summed E-state index contributed by atoms with van der Waals surface area (Å²) >= 11 is 1.58. The molecule has 5 rings (SSSR count). The van der Waals surface area contributed by atoms with Gasteiger partial charge in [-0.25, -0.2) is 0 Å². The minimum atomic E-state index is -0.889. The standard InChI is InChI=1S/C25H23BN4O3S/c1-15(27)30-21-11-8-18(32-2)12-20(21)25(29-13-23(30)28)16-6-9-19(10-7-16)34-22-5-3-4-17-14-33-26(31)24(17)22/h3-12,27-28,31H,13-14H2,1-2H3. The molecule has 3 aromatic rings. The van der Waals surface area contributed by atoms with E-state index >= 15 is 0 Å². The predicted molar refractivity (Wildman–Crippen MR) is 137 cm³/mol. The van der Waals surface area contributed by atoms with E-state index in [-0.39, 0.29) is 18.2 Å². The van der Waals surface area contributed by atoms with Gasteiger partial charge in [0.25, 0.3) is 0 Å². The molecule has 0 fully saturated rings. The van der Waals surface area contributed by atoms with Crippen LogP contribution in [0.3, 0.4) is 0 Å². The molecular formula is C25H23BN4O3S. The minimum absolute atomic E-state index is 0.174. The number of ether oxygens (including phenoxy) is 1. The van der Waals surface area contributed by atoms with Gasteiger partial charge >= 0.3 is 7.12 Å². The molecule has 0 aliphatic carbocycles. The normalized spacial score (nSPS) is 14.9. The molecule has 0 aromatic heterocycles. The monoisotopic (exact) mass is 470 g/mol. The number of fused-ring (bicyclic) bond motifs is 2. The van der Waals surface area contributed by atoms with Gasteiger partial charge in [-0.3, -0.25) is 20.7 Å². The number of methoxy groups -OCH3 is 1. The van der Waals surface area contributed by atoms with Gasteiger partial charge in [0.15, 0.2) is 0 Å². The molecule has 0 atom stereocenters. The molecule has 7 nitrogen and oxygen atoms in total. The predicted octanol–water partition coefficient (Wildman–Crippen LogP) is 3.70. The molecule has 0 unspecified atom stereocenters. The van der Waals surface area contributed by atoms with Crippen LogP contribution in [0.4, 0.5) is 5.69 Å². The molecule has 0 radical (unpaired) electrons. The third-order valence-electron chi connectivity index (χ3n) is 5.85. The lowest BCUT2D eigenvalue weighted by atomic mass is 9.79. The van der Waals surface area contributed by atoms with Gasteiger partial charge in [-0.15, -0.1) is 0 Å². The Morgan fingerprint density at radius 1 is 1.18 bits per heavy atom. The van der Waals surface area contributed by atoms with Crippen LogP contribution in [0.25, 0.3) is 0 Å². The number of aliphatic imine (C=N–C) groups is 1. The van der Waals surface area contributed by atoms with E-state index in [9.17, 15) is 5.02 Å². The highest BCUT2D eigenvalue weighted by Gasteiger charge is 2.30. The van der Waals surface area contributed by atoms with Gasteiger partial charge < -0.3 is 14.4 Å². The molecule has 3 N–H and O–H groups in total. The third kappa shape index (κ3) is 4.02. The third-order valence-corrected chi connectivity index (χ3v) is 6.93. The van der Waals surface area contributed by atoms with Gasteiger partial charge in [0.2, 0.25) is 0 Å². The van der Waals surface area contributed by atoms with Gasteiger partial charge in [0.05, 0.1) is 31.7 Å². The number of nitrogens with one attached hydrogen (secondary N) is 2. The van der Waals surface area contributed by atoms with Crippen molar-refractivity contribution in [2.75, 3.05) is 18.6 Å². The van der Waals surface area contributed by atoms with Gasteiger partial charge in [0.1, 0.15) is 17.4 Å². The SMILES string of the molecule is COc1ccc2c(c1)C(c1ccc(Sc3cccc4c3B(O)OC4)cc1)=NCC(=N)N2C(C)=N. The maximum Gasteiger partial charge on any atom is 0.492 e. The number of hydrogen-bond acceptors (Lipinski definition) is 7. The number of hydrogen-bond donors (Lipinski definition) is 3. The fourth-order valence-corrected chi connectivity index (χ4v) is 5.27. The lowest BCUT2D eigenvalue weighted by Gasteiger charge is -2.24. The van der Waals surface area contributed by atoms with Crippen LogP contribution in [0.1, 0.15) is 23.6 Å².